The third-order valence-electron chi connectivity index (χ3n) is 2.35. The van der Waals surface area contributed by atoms with Gasteiger partial charge in [-0.25, -0.2) is 0 Å². The maximum Gasteiger partial charge on any atom is 0.416 e. The zero-order valence-corrected chi connectivity index (χ0v) is 10.5. The van der Waals surface area contributed by atoms with Crippen LogP contribution in [0.4, 0.5) is 23.9 Å². The molecule has 0 aliphatic carbocycles. The van der Waals surface area contributed by atoms with E-state index in [1.807, 2.05) is 0 Å². The number of nitrogens with two attached hydrogens (primary N) is 1. The average Bonchev–Trinajstić information content (AvgIpc) is 2.89. The van der Waals surface area contributed by atoms with Crippen molar-refractivity contribution in [1.29, 1.82) is 0 Å². The molecule has 0 saturated carbocycles. The zero-order valence-electron chi connectivity index (χ0n) is 9.73. The fourth-order valence-electron chi connectivity index (χ4n) is 1.44. The average molecular weight is 303 g/mol. The molecule has 0 aliphatic rings. The van der Waals surface area contributed by atoms with Gasteiger partial charge in [0.25, 0.3) is 5.91 Å². The Labute approximate surface area is 114 Å². The van der Waals surface area contributed by atoms with Crippen molar-refractivity contribution in [3.63, 3.8) is 0 Å². The highest BCUT2D eigenvalue weighted by Gasteiger charge is 2.31. The molecule has 0 bridgehead atoms. The van der Waals surface area contributed by atoms with Crippen LogP contribution >= 0.6 is 11.5 Å². The summed E-state index contributed by atoms with van der Waals surface area (Å²) in [5.41, 5.74) is 1.09. The number of benzene rings is 1. The number of nitrogens with zero attached hydrogens (tertiary/aromatic N) is 2. The Morgan fingerprint density at radius 1 is 1.35 bits per heavy atom. The van der Waals surface area contributed by atoms with Gasteiger partial charge in [0.2, 0.25) is 0 Å². The SMILES string of the molecule is NNc1ccc(C(F)(F)F)cc1C(=O)Nc1cnns1. The van der Waals surface area contributed by atoms with Crippen LogP contribution in [0.25, 0.3) is 0 Å². The number of rotatable bonds is 3. The summed E-state index contributed by atoms with van der Waals surface area (Å²) in [6.07, 6.45) is -3.26. The molecule has 2 rings (SSSR count). The molecule has 1 heterocycles. The monoisotopic (exact) mass is 303 g/mol. The van der Waals surface area contributed by atoms with Crippen molar-refractivity contribution in [3.8, 4) is 0 Å². The second-order valence-electron chi connectivity index (χ2n) is 3.64. The van der Waals surface area contributed by atoms with Crippen molar-refractivity contribution in [2.75, 3.05) is 10.7 Å². The number of hydrogen-bond donors (Lipinski definition) is 3. The van der Waals surface area contributed by atoms with Gasteiger partial charge in [-0.1, -0.05) is 4.49 Å². The lowest BCUT2D eigenvalue weighted by Gasteiger charge is -2.12. The topological polar surface area (TPSA) is 92.9 Å². The van der Waals surface area contributed by atoms with Crippen LogP contribution in [0.3, 0.4) is 0 Å². The van der Waals surface area contributed by atoms with Gasteiger partial charge in [0, 0.05) is 11.5 Å². The lowest BCUT2D eigenvalue weighted by Crippen LogP contribution is -2.18. The van der Waals surface area contributed by atoms with Gasteiger partial charge in [0.1, 0.15) is 5.00 Å². The van der Waals surface area contributed by atoms with E-state index in [0.717, 1.165) is 29.7 Å². The van der Waals surface area contributed by atoms with E-state index in [9.17, 15) is 18.0 Å². The smallest absolute Gasteiger partial charge is 0.323 e. The van der Waals surface area contributed by atoms with E-state index >= 15 is 0 Å². The van der Waals surface area contributed by atoms with Crippen LogP contribution < -0.4 is 16.6 Å². The Morgan fingerprint density at radius 2 is 2.10 bits per heavy atom. The summed E-state index contributed by atoms with van der Waals surface area (Å²) in [5, 5.41) is 6.20. The molecule has 0 atom stereocenters. The van der Waals surface area contributed by atoms with Crippen LogP contribution in [0.5, 0.6) is 0 Å². The quantitative estimate of drug-likeness (QED) is 0.596. The molecule has 6 nitrogen and oxygen atoms in total. The Bertz CT molecular complexity index is 614. The van der Waals surface area contributed by atoms with Gasteiger partial charge >= 0.3 is 6.18 Å². The minimum atomic E-state index is -4.55. The molecule has 0 radical (unpaired) electrons. The van der Waals surface area contributed by atoms with Crippen molar-refractivity contribution in [1.82, 2.24) is 9.59 Å². The van der Waals surface area contributed by atoms with E-state index in [1.54, 1.807) is 0 Å². The summed E-state index contributed by atoms with van der Waals surface area (Å²) < 4.78 is 41.5. The van der Waals surface area contributed by atoms with Crippen LogP contribution in [0.15, 0.2) is 24.4 Å². The second kappa shape index (κ2) is 5.43. The highest BCUT2D eigenvalue weighted by Crippen LogP contribution is 2.32. The molecule has 4 N–H and O–H groups in total. The number of anilines is 2. The number of hydrazine groups is 1. The minimum Gasteiger partial charge on any atom is -0.323 e. The normalized spacial score (nSPS) is 11.2. The molecule has 106 valence electrons. The number of carbonyl (C=O) groups excluding carboxylic acids is 1. The largest absolute Gasteiger partial charge is 0.416 e. The van der Waals surface area contributed by atoms with Crippen molar-refractivity contribution in [2.24, 2.45) is 5.84 Å². The third kappa shape index (κ3) is 3.03. The van der Waals surface area contributed by atoms with Crippen molar-refractivity contribution in [2.45, 2.75) is 6.18 Å². The molecule has 1 aromatic carbocycles. The first kappa shape index (κ1) is 14.2. The van der Waals surface area contributed by atoms with Crippen molar-refractivity contribution >= 4 is 28.1 Å². The predicted octanol–water partition coefficient (Wildman–Crippen LogP) is 2.09. The molecule has 0 aliphatic heterocycles. The van der Waals surface area contributed by atoms with Crippen LogP contribution in [0.1, 0.15) is 15.9 Å². The number of nitrogen functional groups attached to an aromatic ring is 1. The summed E-state index contributed by atoms with van der Waals surface area (Å²) in [6.45, 7) is 0. The molecule has 0 unspecified atom stereocenters. The van der Waals surface area contributed by atoms with Crippen LogP contribution in [-0.4, -0.2) is 15.5 Å². The van der Waals surface area contributed by atoms with E-state index in [1.165, 1.54) is 6.20 Å². The molecule has 2 aromatic rings. The third-order valence-corrected chi connectivity index (χ3v) is 2.93. The van der Waals surface area contributed by atoms with E-state index in [-0.39, 0.29) is 11.3 Å². The van der Waals surface area contributed by atoms with Crippen LogP contribution in [0, 0.1) is 0 Å². The number of alkyl halides is 3. The molecule has 0 spiro atoms. The maximum absolute atomic E-state index is 12.6. The van der Waals surface area contributed by atoms with Crippen molar-refractivity contribution < 1.29 is 18.0 Å². The molecular weight excluding hydrogens is 295 g/mol. The molecule has 10 heteroatoms. The van der Waals surface area contributed by atoms with E-state index in [4.69, 9.17) is 5.84 Å². The second-order valence-corrected chi connectivity index (χ2v) is 4.42. The van der Waals surface area contributed by atoms with Crippen molar-refractivity contribution in [3.05, 3.63) is 35.5 Å². The number of carbonyl (C=O) groups is 1. The summed E-state index contributed by atoms with van der Waals surface area (Å²) in [5.74, 6) is 4.45. The van der Waals surface area contributed by atoms with Crippen LogP contribution in [-0.2, 0) is 6.18 Å². The van der Waals surface area contributed by atoms with E-state index < -0.39 is 17.6 Å². The Balaban J connectivity index is 2.35. The highest BCUT2D eigenvalue weighted by atomic mass is 32.1. The zero-order chi connectivity index (χ0) is 14.8. The van der Waals surface area contributed by atoms with Gasteiger partial charge in [0.15, 0.2) is 0 Å². The number of nitrogens with one attached hydrogen (secondary N) is 2. The minimum absolute atomic E-state index is 0.0768. The number of amides is 1. The fraction of sp³-hybridized carbons (Fsp3) is 0.100. The first-order valence-corrected chi connectivity index (χ1v) is 5.95. The number of hydrogen-bond acceptors (Lipinski definition) is 6. The first-order chi connectivity index (χ1) is 9.41. The molecule has 20 heavy (non-hydrogen) atoms. The standard InChI is InChI=1S/C10H8F3N5OS/c11-10(12,13)5-1-2-7(17-14)6(3-5)9(19)16-8-4-15-18-20-8/h1-4,17H,14H2,(H,16,19). The Morgan fingerprint density at radius 3 is 2.65 bits per heavy atom. The molecule has 1 amide bonds. The summed E-state index contributed by atoms with van der Waals surface area (Å²) >= 11 is 0.902. The van der Waals surface area contributed by atoms with Gasteiger partial charge in [0.05, 0.1) is 23.0 Å². The van der Waals surface area contributed by atoms with E-state index in [2.05, 4.69) is 20.3 Å². The van der Waals surface area contributed by atoms with Gasteiger partial charge in [-0.15, -0.1) is 5.10 Å². The van der Waals surface area contributed by atoms with Gasteiger partial charge < -0.3 is 10.7 Å². The summed E-state index contributed by atoms with van der Waals surface area (Å²) in [4.78, 5) is 11.9. The number of halogens is 3. The Hall–Kier alpha value is -2.20. The van der Waals surface area contributed by atoms with Gasteiger partial charge in [-0.2, -0.15) is 13.2 Å². The lowest BCUT2D eigenvalue weighted by atomic mass is 10.1. The van der Waals surface area contributed by atoms with Gasteiger partial charge in [-0.05, 0) is 18.2 Å². The van der Waals surface area contributed by atoms with E-state index in [0.29, 0.717) is 5.00 Å². The molecular formula is C10H8F3N5OS. The summed E-state index contributed by atoms with van der Waals surface area (Å²) in [7, 11) is 0. The highest BCUT2D eigenvalue weighted by molar-refractivity contribution is 7.10. The first-order valence-electron chi connectivity index (χ1n) is 5.18. The van der Waals surface area contributed by atoms with Gasteiger partial charge in [-0.3, -0.25) is 10.6 Å². The Kier molecular flexibility index (Phi) is 3.86. The number of aromatic nitrogens is 2. The molecule has 1 aromatic heterocycles. The predicted molar refractivity (Wildman–Crippen MR) is 67.1 cm³/mol. The molecule has 0 fully saturated rings. The molecule has 0 saturated heterocycles. The van der Waals surface area contributed by atoms with Crippen LogP contribution in [0.2, 0.25) is 0 Å². The summed E-state index contributed by atoms with van der Waals surface area (Å²) in [6, 6.07) is 2.64. The lowest BCUT2D eigenvalue weighted by molar-refractivity contribution is -0.137. The fourth-order valence-corrected chi connectivity index (χ4v) is 1.85. The maximum atomic E-state index is 12.6.